The average molecular weight is 324 g/mol. The fourth-order valence-corrected chi connectivity index (χ4v) is 4.29. The summed E-state index contributed by atoms with van der Waals surface area (Å²) >= 11 is 3.72. The van der Waals surface area contributed by atoms with Crippen molar-refractivity contribution in [2.75, 3.05) is 6.54 Å². The highest BCUT2D eigenvalue weighted by molar-refractivity contribution is 9.10. The molecular weight excluding hydrogens is 298 g/mol. The summed E-state index contributed by atoms with van der Waals surface area (Å²) in [5.74, 6) is 2.48. The molecule has 0 radical (unpaired) electrons. The SMILES string of the molecule is CCNC(c1ccccc1Br)C1CC(C)CC(C)C1. The normalized spacial score (nSPS) is 29.2. The lowest BCUT2D eigenvalue weighted by molar-refractivity contribution is 0.177. The average Bonchev–Trinajstić information content (AvgIpc) is 2.36. The largest absolute Gasteiger partial charge is 0.310 e. The first-order valence-corrected chi connectivity index (χ1v) is 8.38. The van der Waals surface area contributed by atoms with Gasteiger partial charge in [0.2, 0.25) is 0 Å². The van der Waals surface area contributed by atoms with Crippen molar-refractivity contribution >= 4 is 15.9 Å². The monoisotopic (exact) mass is 323 g/mol. The maximum atomic E-state index is 3.72. The van der Waals surface area contributed by atoms with Gasteiger partial charge < -0.3 is 5.32 Å². The topological polar surface area (TPSA) is 12.0 Å². The Morgan fingerprint density at radius 1 is 1.16 bits per heavy atom. The van der Waals surface area contributed by atoms with Crippen molar-refractivity contribution in [1.29, 1.82) is 0 Å². The van der Waals surface area contributed by atoms with Crippen LogP contribution >= 0.6 is 15.9 Å². The van der Waals surface area contributed by atoms with Gasteiger partial charge in [0.15, 0.2) is 0 Å². The number of halogens is 1. The van der Waals surface area contributed by atoms with Gasteiger partial charge in [-0.05, 0) is 55.2 Å². The van der Waals surface area contributed by atoms with E-state index < -0.39 is 0 Å². The Bertz CT molecular complexity index is 394. The van der Waals surface area contributed by atoms with E-state index >= 15 is 0 Å². The van der Waals surface area contributed by atoms with Crippen molar-refractivity contribution in [2.24, 2.45) is 17.8 Å². The number of benzene rings is 1. The van der Waals surface area contributed by atoms with Gasteiger partial charge in [-0.1, -0.05) is 54.9 Å². The van der Waals surface area contributed by atoms with E-state index in [0.717, 1.165) is 24.3 Å². The summed E-state index contributed by atoms with van der Waals surface area (Å²) in [6.07, 6.45) is 4.10. The Kier molecular flexibility index (Phi) is 5.47. The summed E-state index contributed by atoms with van der Waals surface area (Å²) in [7, 11) is 0. The molecule has 3 unspecified atom stereocenters. The predicted octanol–water partition coefficient (Wildman–Crippen LogP) is 5.17. The first-order valence-electron chi connectivity index (χ1n) is 7.59. The van der Waals surface area contributed by atoms with Crippen LogP contribution in [0.3, 0.4) is 0 Å². The quantitative estimate of drug-likeness (QED) is 0.805. The van der Waals surface area contributed by atoms with Gasteiger partial charge in [-0.25, -0.2) is 0 Å². The summed E-state index contributed by atoms with van der Waals surface area (Å²) in [5.41, 5.74) is 1.43. The third-order valence-electron chi connectivity index (χ3n) is 4.35. The van der Waals surface area contributed by atoms with Crippen molar-refractivity contribution in [3.63, 3.8) is 0 Å². The highest BCUT2D eigenvalue weighted by Crippen LogP contribution is 2.41. The molecule has 0 aromatic heterocycles. The zero-order valence-electron chi connectivity index (χ0n) is 12.3. The zero-order valence-corrected chi connectivity index (χ0v) is 13.9. The summed E-state index contributed by atoms with van der Waals surface area (Å²) in [6.45, 7) is 8.06. The molecule has 19 heavy (non-hydrogen) atoms. The van der Waals surface area contributed by atoms with Crippen LogP contribution in [0.25, 0.3) is 0 Å². The maximum Gasteiger partial charge on any atom is 0.0359 e. The minimum absolute atomic E-state index is 0.491. The molecule has 1 nitrogen and oxygen atoms in total. The molecule has 106 valence electrons. The first-order chi connectivity index (χ1) is 9.11. The molecule has 2 rings (SSSR count). The van der Waals surface area contributed by atoms with E-state index in [2.05, 4.69) is 66.3 Å². The highest BCUT2D eigenvalue weighted by Gasteiger charge is 2.31. The number of hydrogen-bond donors (Lipinski definition) is 1. The minimum Gasteiger partial charge on any atom is -0.310 e. The summed E-state index contributed by atoms with van der Waals surface area (Å²) < 4.78 is 1.24. The second-order valence-corrected chi connectivity index (χ2v) is 7.09. The third kappa shape index (κ3) is 3.82. The van der Waals surface area contributed by atoms with Crippen LogP contribution in [0, 0.1) is 17.8 Å². The molecule has 0 spiro atoms. The molecule has 2 heteroatoms. The lowest BCUT2D eigenvalue weighted by atomic mass is 9.72. The molecule has 0 saturated heterocycles. The van der Waals surface area contributed by atoms with Crippen LogP contribution in [0.15, 0.2) is 28.7 Å². The van der Waals surface area contributed by atoms with Crippen LogP contribution in [-0.2, 0) is 0 Å². The number of nitrogens with one attached hydrogen (secondary N) is 1. The van der Waals surface area contributed by atoms with Gasteiger partial charge in [-0.3, -0.25) is 0 Å². The van der Waals surface area contributed by atoms with E-state index in [1.54, 1.807) is 0 Å². The van der Waals surface area contributed by atoms with Crippen molar-refractivity contribution in [1.82, 2.24) is 5.32 Å². The number of hydrogen-bond acceptors (Lipinski definition) is 1. The molecule has 3 atom stereocenters. The Morgan fingerprint density at radius 2 is 1.79 bits per heavy atom. The van der Waals surface area contributed by atoms with E-state index in [-0.39, 0.29) is 0 Å². The fourth-order valence-electron chi connectivity index (χ4n) is 3.76. The van der Waals surface area contributed by atoms with Crippen molar-refractivity contribution < 1.29 is 0 Å². The first kappa shape index (κ1) is 15.1. The second-order valence-electron chi connectivity index (χ2n) is 6.23. The molecule has 1 aromatic carbocycles. The van der Waals surface area contributed by atoms with Crippen LogP contribution in [-0.4, -0.2) is 6.54 Å². The number of rotatable bonds is 4. The molecular formula is C17H26BrN. The molecule has 1 aliphatic rings. The Labute approximate surface area is 126 Å². The van der Waals surface area contributed by atoms with Crippen LogP contribution in [0.4, 0.5) is 0 Å². The van der Waals surface area contributed by atoms with Crippen LogP contribution in [0.5, 0.6) is 0 Å². The molecule has 1 fully saturated rings. The predicted molar refractivity (Wildman–Crippen MR) is 86.2 cm³/mol. The summed E-state index contributed by atoms with van der Waals surface area (Å²) in [6, 6.07) is 9.17. The third-order valence-corrected chi connectivity index (χ3v) is 5.07. The van der Waals surface area contributed by atoms with E-state index in [0.29, 0.717) is 6.04 Å². The van der Waals surface area contributed by atoms with Gasteiger partial charge in [0.05, 0.1) is 0 Å². The molecule has 0 heterocycles. The molecule has 0 aliphatic heterocycles. The van der Waals surface area contributed by atoms with Crippen molar-refractivity contribution in [3.05, 3.63) is 34.3 Å². The smallest absolute Gasteiger partial charge is 0.0359 e. The van der Waals surface area contributed by atoms with Gasteiger partial charge in [-0.15, -0.1) is 0 Å². The lowest BCUT2D eigenvalue weighted by Crippen LogP contribution is -2.33. The zero-order chi connectivity index (χ0) is 13.8. The Morgan fingerprint density at radius 3 is 2.37 bits per heavy atom. The second kappa shape index (κ2) is 6.90. The van der Waals surface area contributed by atoms with Crippen LogP contribution in [0.1, 0.15) is 51.6 Å². The van der Waals surface area contributed by atoms with Crippen molar-refractivity contribution in [2.45, 2.75) is 46.1 Å². The van der Waals surface area contributed by atoms with Gasteiger partial charge >= 0.3 is 0 Å². The van der Waals surface area contributed by atoms with Crippen LogP contribution in [0.2, 0.25) is 0 Å². The van der Waals surface area contributed by atoms with E-state index in [1.807, 2.05) is 0 Å². The fraction of sp³-hybridized carbons (Fsp3) is 0.647. The van der Waals surface area contributed by atoms with Gasteiger partial charge in [0.1, 0.15) is 0 Å². The van der Waals surface area contributed by atoms with Gasteiger partial charge in [0, 0.05) is 10.5 Å². The summed E-state index contributed by atoms with van der Waals surface area (Å²) in [5, 5.41) is 3.72. The van der Waals surface area contributed by atoms with E-state index in [4.69, 9.17) is 0 Å². The van der Waals surface area contributed by atoms with E-state index in [9.17, 15) is 0 Å². The lowest BCUT2D eigenvalue weighted by Gasteiger charge is -2.37. The summed E-state index contributed by atoms with van der Waals surface area (Å²) in [4.78, 5) is 0. The molecule has 1 N–H and O–H groups in total. The highest BCUT2D eigenvalue weighted by atomic mass is 79.9. The molecule has 0 bridgehead atoms. The molecule has 1 saturated carbocycles. The van der Waals surface area contributed by atoms with Gasteiger partial charge in [-0.2, -0.15) is 0 Å². The van der Waals surface area contributed by atoms with E-state index in [1.165, 1.54) is 29.3 Å². The molecule has 0 amide bonds. The maximum absolute atomic E-state index is 3.72. The minimum atomic E-state index is 0.491. The van der Waals surface area contributed by atoms with Crippen molar-refractivity contribution in [3.8, 4) is 0 Å². The van der Waals surface area contributed by atoms with Gasteiger partial charge in [0.25, 0.3) is 0 Å². The Hall–Kier alpha value is -0.340. The Balaban J connectivity index is 2.22. The van der Waals surface area contributed by atoms with Crippen LogP contribution < -0.4 is 5.32 Å². The molecule has 1 aromatic rings. The standard InChI is InChI=1S/C17H26BrN/c1-4-19-17(15-7-5-6-8-16(15)18)14-10-12(2)9-13(3)11-14/h5-8,12-14,17,19H,4,9-11H2,1-3H3. The molecule has 1 aliphatic carbocycles.